The van der Waals surface area contributed by atoms with Crippen molar-refractivity contribution < 1.29 is 14.3 Å². The van der Waals surface area contributed by atoms with E-state index in [1.165, 1.54) is 12.1 Å². The van der Waals surface area contributed by atoms with Gasteiger partial charge < -0.3 is 10.0 Å². The molecule has 0 aliphatic carbocycles. The zero-order valence-electron chi connectivity index (χ0n) is 10.4. The fraction of sp³-hybridized carbons (Fsp3) is 0.462. The van der Waals surface area contributed by atoms with Gasteiger partial charge in [-0.2, -0.15) is 0 Å². The van der Waals surface area contributed by atoms with E-state index in [2.05, 4.69) is 13.8 Å². The van der Waals surface area contributed by atoms with E-state index >= 15 is 0 Å². The van der Waals surface area contributed by atoms with Crippen molar-refractivity contribution in [3.05, 3.63) is 29.6 Å². The van der Waals surface area contributed by atoms with Crippen LogP contribution in [-0.2, 0) is 0 Å². The molecule has 4 heteroatoms. The molecule has 94 valence electrons. The molecule has 0 aliphatic rings. The Bertz CT molecular complexity index is 404. The number of benzene rings is 1. The lowest BCUT2D eigenvalue weighted by Crippen LogP contribution is -2.22. The van der Waals surface area contributed by atoms with Crippen molar-refractivity contribution in [3.63, 3.8) is 0 Å². The first kappa shape index (κ1) is 13.5. The molecule has 1 N–H and O–H groups in total. The molecule has 0 bridgehead atoms. The van der Waals surface area contributed by atoms with Gasteiger partial charge in [0.2, 0.25) is 0 Å². The van der Waals surface area contributed by atoms with E-state index in [9.17, 15) is 9.18 Å². The molecule has 0 aliphatic heterocycles. The zero-order chi connectivity index (χ0) is 13.0. The van der Waals surface area contributed by atoms with Crippen LogP contribution in [0.5, 0.6) is 0 Å². The summed E-state index contributed by atoms with van der Waals surface area (Å²) in [4.78, 5) is 12.8. The fourth-order valence-corrected chi connectivity index (χ4v) is 1.61. The predicted molar refractivity (Wildman–Crippen MR) is 66.1 cm³/mol. The molecule has 0 amide bonds. The number of halogens is 1. The van der Waals surface area contributed by atoms with Gasteiger partial charge in [-0.05, 0) is 24.5 Å². The Morgan fingerprint density at radius 2 is 2.12 bits per heavy atom. The highest BCUT2D eigenvalue weighted by Crippen LogP contribution is 2.22. The first-order valence-corrected chi connectivity index (χ1v) is 5.66. The van der Waals surface area contributed by atoms with Crippen molar-refractivity contribution in [2.75, 3.05) is 18.5 Å². The highest BCUT2D eigenvalue weighted by Gasteiger charge is 2.18. The van der Waals surface area contributed by atoms with Crippen LogP contribution >= 0.6 is 0 Å². The Kier molecular flexibility index (Phi) is 4.49. The lowest BCUT2D eigenvalue weighted by Gasteiger charge is -2.22. The summed E-state index contributed by atoms with van der Waals surface area (Å²) in [6.45, 7) is 4.90. The standard InChI is InChI=1S/C13H18FNO2/c1-9(2)7-8-15(3)11-6-4-5-10(14)12(11)13(16)17/h4-6,9H,7-8H2,1-3H3,(H,16,17). The van der Waals surface area contributed by atoms with Gasteiger partial charge in [0.05, 0.1) is 5.69 Å². The average Bonchev–Trinajstić information content (AvgIpc) is 2.24. The summed E-state index contributed by atoms with van der Waals surface area (Å²) in [6.07, 6.45) is 0.937. The summed E-state index contributed by atoms with van der Waals surface area (Å²) in [5.41, 5.74) is 0.178. The molecule has 1 aromatic rings. The highest BCUT2D eigenvalue weighted by molar-refractivity contribution is 5.94. The Morgan fingerprint density at radius 3 is 2.65 bits per heavy atom. The van der Waals surface area contributed by atoms with Gasteiger partial charge in [-0.1, -0.05) is 19.9 Å². The predicted octanol–water partition coefficient (Wildman–Crippen LogP) is 3.01. The SMILES string of the molecule is CC(C)CCN(C)c1cccc(F)c1C(=O)O. The smallest absolute Gasteiger partial charge is 0.340 e. The van der Waals surface area contributed by atoms with Gasteiger partial charge in [0.1, 0.15) is 11.4 Å². The van der Waals surface area contributed by atoms with Gasteiger partial charge in [-0.3, -0.25) is 0 Å². The van der Waals surface area contributed by atoms with Crippen molar-refractivity contribution in [1.29, 1.82) is 0 Å². The Morgan fingerprint density at radius 1 is 1.47 bits per heavy atom. The van der Waals surface area contributed by atoms with Crippen LogP contribution in [-0.4, -0.2) is 24.7 Å². The number of aromatic carboxylic acids is 1. The third-order valence-electron chi connectivity index (χ3n) is 2.66. The molecule has 0 unspecified atom stereocenters. The monoisotopic (exact) mass is 239 g/mol. The molecule has 0 fully saturated rings. The van der Waals surface area contributed by atoms with E-state index in [0.717, 1.165) is 6.42 Å². The summed E-state index contributed by atoms with van der Waals surface area (Å²) in [6, 6.07) is 4.33. The molecule has 1 aromatic carbocycles. The van der Waals surface area contributed by atoms with E-state index < -0.39 is 11.8 Å². The first-order chi connectivity index (χ1) is 7.93. The summed E-state index contributed by atoms with van der Waals surface area (Å²) in [7, 11) is 1.78. The molecule has 0 radical (unpaired) electrons. The van der Waals surface area contributed by atoms with Gasteiger partial charge in [0, 0.05) is 13.6 Å². The quantitative estimate of drug-likeness (QED) is 0.858. The third kappa shape index (κ3) is 3.44. The van der Waals surface area contributed by atoms with Crippen LogP contribution in [0.2, 0.25) is 0 Å². The minimum Gasteiger partial charge on any atom is -0.478 e. The molecular formula is C13H18FNO2. The van der Waals surface area contributed by atoms with Crippen molar-refractivity contribution in [3.8, 4) is 0 Å². The molecule has 17 heavy (non-hydrogen) atoms. The molecule has 0 spiro atoms. The fourth-order valence-electron chi connectivity index (χ4n) is 1.61. The van der Waals surface area contributed by atoms with Crippen LogP contribution in [0.4, 0.5) is 10.1 Å². The van der Waals surface area contributed by atoms with Crippen LogP contribution in [0, 0.1) is 11.7 Å². The molecule has 0 heterocycles. The second-order valence-corrected chi connectivity index (χ2v) is 4.54. The number of nitrogens with zero attached hydrogens (tertiary/aromatic N) is 1. The largest absolute Gasteiger partial charge is 0.478 e. The number of hydrogen-bond donors (Lipinski definition) is 1. The van der Waals surface area contributed by atoms with E-state index in [1.54, 1.807) is 18.0 Å². The molecular weight excluding hydrogens is 221 g/mol. The van der Waals surface area contributed by atoms with Crippen molar-refractivity contribution >= 4 is 11.7 Å². The Hall–Kier alpha value is -1.58. The number of anilines is 1. The summed E-state index contributed by atoms with van der Waals surface area (Å²) < 4.78 is 13.5. The van der Waals surface area contributed by atoms with E-state index in [-0.39, 0.29) is 5.56 Å². The van der Waals surface area contributed by atoms with Gasteiger partial charge >= 0.3 is 5.97 Å². The van der Waals surface area contributed by atoms with E-state index in [4.69, 9.17) is 5.11 Å². The van der Waals surface area contributed by atoms with Crippen LogP contribution in [0.15, 0.2) is 18.2 Å². The summed E-state index contributed by atoms with van der Waals surface area (Å²) in [5.74, 6) is -1.39. The van der Waals surface area contributed by atoms with E-state index in [1.807, 2.05) is 0 Å². The van der Waals surface area contributed by atoms with Gasteiger partial charge in [-0.25, -0.2) is 9.18 Å². The molecule has 0 saturated heterocycles. The molecule has 0 aromatic heterocycles. The minimum atomic E-state index is -1.23. The highest BCUT2D eigenvalue weighted by atomic mass is 19.1. The Labute approximate surface area is 101 Å². The van der Waals surface area contributed by atoms with Crippen LogP contribution in [0.25, 0.3) is 0 Å². The lowest BCUT2D eigenvalue weighted by atomic mass is 10.1. The molecule has 0 atom stereocenters. The van der Waals surface area contributed by atoms with Crippen molar-refractivity contribution in [2.45, 2.75) is 20.3 Å². The normalized spacial score (nSPS) is 10.6. The second-order valence-electron chi connectivity index (χ2n) is 4.54. The van der Waals surface area contributed by atoms with Crippen molar-refractivity contribution in [1.82, 2.24) is 0 Å². The molecule has 0 saturated carbocycles. The van der Waals surface area contributed by atoms with E-state index in [0.29, 0.717) is 18.2 Å². The molecule has 1 rings (SSSR count). The maximum Gasteiger partial charge on any atom is 0.340 e. The van der Waals surface area contributed by atoms with Gasteiger partial charge in [0.15, 0.2) is 0 Å². The Balaban J connectivity index is 2.96. The maximum absolute atomic E-state index is 13.5. The first-order valence-electron chi connectivity index (χ1n) is 5.66. The second kappa shape index (κ2) is 5.66. The van der Waals surface area contributed by atoms with Crippen LogP contribution in [0.3, 0.4) is 0 Å². The van der Waals surface area contributed by atoms with Crippen LogP contribution < -0.4 is 4.90 Å². The van der Waals surface area contributed by atoms with Gasteiger partial charge in [-0.15, -0.1) is 0 Å². The lowest BCUT2D eigenvalue weighted by molar-refractivity contribution is 0.0692. The minimum absolute atomic E-state index is 0.251. The number of carboxylic acid groups (broad SMARTS) is 1. The topological polar surface area (TPSA) is 40.5 Å². The average molecular weight is 239 g/mol. The number of rotatable bonds is 5. The number of carboxylic acids is 1. The molecule has 3 nitrogen and oxygen atoms in total. The third-order valence-corrected chi connectivity index (χ3v) is 2.66. The summed E-state index contributed by atoms with van der Waals surface area (Å²) >= 11 is 0. The van der Waals surface area contributed by atoms with Crippen LogP contribution in [0.1, 0.15) is 30.6 Å². The number of carbonyl (C=O) groups is 1. The van der Waals surface area contributed by atoms with Gasteiger partial charge in [0.25, 0.3) is 0 Å². The number of hydrogen-bond acceptors (Lipinski definition) is 2. The van der Waals surface area contributed by atoms with Crippen molar-refractivity contribution in [2.24, 2.45) is 5.92 Å². The summed E-state index contributed by atoms with van der Waals surface area (Å²) in [5, 5.41) is 9.01. The zero-order valence-corrected chi connectivity index (χ0v) is 10.4. The maximum atomic E-state index is 13.5.